The fourth-order valence-corrected chi connectivity index (χ4v) is 3.06. The van der Waals surface area contributed by atoms with Gasteiger partial charge >= 0.3 is 5.97 Å². The van der Waals surface area contributed by atoms with Crippen LogP contribution in [0.3, 0.4) is 0 Å². The number of carbonyl (C=O) groups is 4. The lowest BCUT2D eigenvalue weighted by Gasteiger charge is -2.07. The number of ether oxygens (including phenoxy) is 1. The molecular formula is C21H24N2O5S. The molecule has 0 atom stereocenters. The van der Waals surface area contributed by atoms with Crippen LogP contribution in [0.4, 0.5) is 5.69 Å². The summed E-state index contributed by atoms with van der Waals surface area (Å²) >= 11 is 1.44. The second-order valence-electron chi connectivity index (χ2n) is 6.33. The van der Waals surface area contributed by atoms with Crippen LogP contribution < -0.4 is 10.6 Å². The van der Waals surface area contributed by atoms with Crippen molar-refractivity contribution < 1.29 is 23.9 Å². The zero-order chi connectivity index (χ0) is 21.1. The van der Waals surface area contributed by atoms with E-state index in [1.54, 1.807) is 35.7 Å². The molecule has 0 bridgehead atoms. The number of carbonyl (C=O) groups excluding carboxylic acids is 4. The summed E-state index contributed by atoms with van der Waals surface area (Å²) < 4.78 is 5.00. The van der Waals surface area contributed by atoms with Crippen molar-refractivity contribution >= 4 is 40.6 Å². The van der Waals surface area contributed by atoms with Gasteiger partial charge in [0, 0.05) is 41.6 Å². The summed E-state index contributed by atoms with van der Waals surface area (Å²) in [4.78, 5) is 47.2. The Morgan fingerprint density at radius 1 is 1.00 bits per heavy atom. The fourth-order valence-electron chi connectivity index (χ4n) is 2.42. The lowest BCUT2D eigenvalue weighted by molar-refractivity contribution is -0.142. The Morgan fingerprint density at radius 3 is 2.41 bits per heavy atom. The highest BCUT2D eigenvalue weighted by Gasteiger charge is 2.11. The SMILES string of the molecule is CCCC(=O)Nc1ccc(C(=O)COC(=O)CCCNC(=O)c2ccsc2)cc1. The van der Waals surface area contributed by atoms with Crippen LogP contribution in [0.5, 0.6) is 0 Å². The molecule has 2 amide bonds. The molecule has 0 spiro atoms. The highest BCUT2D eigenvalue weighted by atomic mass is 32.1. The first-order chi connectivity index (χ1) is 14.0. The van der Waals surface area contributed by atoms with Crippen molar-refractivity contribution in [2.45, 2.75) is 32.6 Å². The number of benzene rings is 1. The molecule has 2 rings (SSSR count). The third-order valence-electron chi connectivity index (χ3n) is 3.96. The Bertz CT molecular complexity index is 831. The first-order valence-corrected chi connectivity index (χ1v) is 10.3. The van der Waals surface area contributed by atoms with E-state index >= 15 is 0 Å². The molecule has 2 aromatic rings. The maximum absolute atomic E-state index is 12.1. The van der Waals surface area contributed by atoms with Gasteiger partial charge in [0.15, 0.2) is 12.4 Å². The topological polar surface area (TPSA) is 102 Å². The summed E-state index contributed by atoms with van der Waals surface area (Å²) in [5.74, 6) is -1.07. The third-order valence-corrected chi connectivity index (χ3v) is 4.64. The van der Waals surface area contributed by atoms with E-state index in [-0.39, 0.29) is 30.6 Å². The summed E-state index contributed by atoms with van der Waals surface area (Å²) in [5, 5.41) is 9.03. The molecule has 154 valence electrons. The van der Waals surface area contributed by atoms with E-state index in [9.17, 15) is 19.2 Å². The number of amides is 2. The first-order valence-electron chi connectivity index (χ1n) is 9.38. The minimum atomic E-state index is -0.494. The number of esters is 1. The largest absolute Gasteiger partial charge is 0.457 e. The van der Waals surface area contributed by atoms with E-state index in [1.807, 2.05) is 12.3 Å². The molecule has 0 aliphatic rings. The van der Waals surface area contributed by atoms with E-state index in [2.05, 4.69) is 10.6 Å². The summed E-state index contributed by atoms with van der Waals surface area (Å²) in [5.41, 5.74) is 1.61. The van der Waals surface area contributed by atoms with E-state index < -0.39 is 5.97 Å². The van der Waals surface area contributed by atoms with Gasteiger partial charge in [0.05, 0.1) is 0 Å². The molecular weight excluding hydrogens is 392 g/mol. The minimum absolute atomic E-state index is 0.0768. The van der Waals surface area contributed by atoms with E-state index in [0.29, 0.717) is 36.2 Å². The number of anilines is 1. The number of ketones is 1. The van der Waals surface area contributed by atoms with Crippen molar-refractivity contribution in [1.29, 1.82) is 0 Å². The Balaban J connectivity index is 1.65. The standard InChI is InChI=1S/C21H24N2O5S/c1-2-4-19(25)23-17-8-6-15(7-9-17)18(24)13-28-20(26)5-3-11-22-21(27)16-10-12-29-14-16/h6-10,12,14H,2-5,11,13H2,1H3,(H,22,27)(H,23,25). The van der Waals surface area contributed by atoms with E-state index in [0.717, 1.165) is 6.42 Å². The number of hydrogen-bond donors (Lipinski definition) is 2. The number of rotatable bonds is 11. The quantitative estimate of drug-likeness (QED) is 0.332. The Labute approximate surface area is 173 Å². The number of hydrogen-bond acceptors (Lipinski definition) is 6. The average molecular weight is 416 g/mol. The number of thiophene rings is 1. The highest BCUT2D eigenvalue weighted by molar-refractivity contribution is 7.08. The van der Waals surface area contributed by atoms with Crippen LogP contribution in [0.2, 0.25) is 0 Å². The molecule has 0 unspecified atom stereocenters. The Hall–Kier alpha value is -3.00. The van der Waals surface area contributed by atoms with Gasteiger partial charge in [0.2, 0.25) is 5.91 Å². The maximum Gasteiger partial charge on any atom is 0.306 e. The van der Waals surface area contributed by atoms with Crippen LogP contribution in [0, 0.1) is 0 Å². The highest BCUT2D eigenvalue weighted by Crippen LogP contribution is 2.11. The molecule has 0 saturated heterocycles. The Morgan fingerprint density at radius 2 is 1.76 bits per heavy atom. The second kappa shape index (κ2) is 11.8. The minimum Gasteiger partial charge on any atom is -0.457 e. The molecule has 0 saturated carbocycles. The van der Waals surface area contributed by atoms with Crippen molar-refractivity contribution in [3.8, 4) is 0 Å². The van der Waals surface area contributed by atoms with Gasteiger partial charge in [0.1, 0.15) is 0 Å². The molecule has 1 heterocycles. The predicted octanol–water partition coefficient (Wildman–Crippen LogP) is 3.42. The lowest BCUT2D eigenvalue weighted by atomic mass is 10.1. The molecule has 2 N–H and O–H groups in total. The molecule has 8 heteroatoms. The van der Waals surface area contributed by atoms with Crippen molar-refractivity contribution in [3.63, 3.8) is 0 Å². The fraction of sp³-hybridized carbons (Fsp3) is 0.333. The monoisotopic (exact) mass is 416 g/mol. The lowest BCUT2D eigenvalue weighted by Crippen LogP contribution is -2.24. The normalized spacial score (nSPS) is 10.2. The molecule has 0 aliphatic carbocycles. The molecule has 1 aromatic heterocycles. The van der Waals surface area contributed by atoms with Crippen LogP contribution in [0.25, 0.3) is 0 Å². The van der Waals surface area contributed by atoms with Crippen LogP contribution >= 0.6 is 11.3 Å². The van der Waals surface area contributed by atoms with E-state index in [1.165, 1.54) is 11.3 Å². The zero-order valence-electron chi connectivity index (χ0n) is 16.2. The van der Waals surface area contributed by atoms with Crippen LogP contribution in [-0.2, 0) is 14.3 Å². The van der Waals surface area contributed by atoms with Crippen LogP contribution in [-0.4, -0.2) is 36.7 Å². The second-order valence-corrected chi connectivity index (χ2v) is 7.11. The molecule has 7 nitrogen and oxygen atoms in total. The predicted molar refractivity (Wildman–Crippen MR) is 111 cm³/mol. The van der Waals surface area contributed by atoms with Crippen LogP contribution in [0.15, 0.2) is 41.1 Å². The van der Waals surface area contributed by atoms with Gasteiger partial charge in [-0.15, -0.1) is 0 Å². The van der Waals surface area contributed by atoms with Crippen molar-refractivity contribution in [1.82, 2.24) is 5.32 Å². The first kappa shape index (κ1) is 22.3. The van der Waals surface area contributed by atoms with Gasteiger partial charge in [-0.05, 0) is 48.6 Å². The van der Waals surface area contributed by atoms with Gasteiger partial charge in [-0.3, -0.25) is 19.2 Å². The molecule has 0 radical (unpaired) electrons. The van der Waals surface area contributed by atoms with Crippen molar-refractivity contribution in [3.05, 3.63) is 52.2 Å². The Kier molecular flexibility index (Phi) is 9.04. The van der Waals surface area contributed by atoms with Gasteiger partial charge < -0.3 is 15.4 Å². The molecule has 1 aromatic carbocycles. The average Bonchev–Trinajstić information content (AvgIpc) is 3.25. The molecule has 0 aliphatic heterocycles. The van der Waals surface area contributed by atoms with Crippen LogP contribution in [0.1, 0.15) is 53.3 Å². The van der Waals surface area contributed by atoms with Gasteiger partial charge in [-0.1, -0.05) is 6.92 Å². The maximum atomic E-state index is 12.1. The zero-order valence-corrected chi connectivity index (χ0v) is 17.1. The summed E-state index contributed by atoms with van der Waals surface area (Å²) in [6.45, 7) is 1.92. The number of nitrogens with one attached hydrogen (secondary N) is 2. The summed E-state index contributed by atoms with van der Waals surface area (Å²) in [6.07, 6.45) is 1.73. The van der Waals surface area contributed by atoms with Crippen molar-refractivity contribution in [2.75, 3.05) is 18.5 Å². The third kappa shape index (κ3) is 7.87. The molecule has 0 fully saturated rings. The van der Waals surface area contributed by atoms with Gasteiger partial charge in [-0.25, -0.2) is 0 Å². The van der Waals surface area contributed by atoms with Gasteiger partial charge in [0.25, 0.3) is 5.91 Å². The molecule has 29 heavy (non-hydrogen) atoms. The van der Waals surface area contributed by atoms with Crippen molar-refractivity contribution in [2.24, 2.45) is 0 Å². The smallest absolute Gasteiger partial charge is 0.306 e. The van der Waals surface area contributed by atoms with Gasteiger partial charge in [-0.2, -0.15) is 11.3 Å². The summed E-state index contributed by atoms with van der Waals surface area (Å²) in [7, 11) is 0. The van der Waals surface area contributed by atoms with E-state index in [4.69, 9.17) is 4.74 Å². The number of Topliss-reactive ketones (excluding diaryl/α,β-unsaturated/α-hetero) is 1. The summed E-state index contributed by atoms with van der Waals surface area (Å²) in [6, 6.07) is 8.17.